The minimum Gasteiger partial charge on any atom is -0.488 e. The van der Waals surface area contributed by atoms with Gasteiger partial charge in [-0.15, -0.1) is 0 Å². The third-order valence-electron chi connectivity index (χ3n) is 4.08. The zero-order chi connectivity index (χ0) is 21.7. The van der Waals surface area contributed by atoms with Gasteiger partial charge in [0, 0.05) is 24.9 Å². The van der Waals surface area contributed by atoms with Crippen LogP contribution in [0.2, 0.25) is 0 Å². The number of carbonyl (C=O) groups is 2. The molecule has 2 atom stereocenters. The van der Waals surface area contributed by atoms with Crippen LogP contribution in [0.25, 0.3) is 0 Å². The van der Waals surface area contributed by atoms with Crippen LogP contribution in [-0.4, -0.2) is 58.2 Å². The van der Waals surface area contributed by atoms with E-state index in [2.05, 4.69) is 15.4 Å². The Morgan fingerprint density at radius 3 is 2.90 bits per heavy atom. The fourth-order valence-corrected chi connectivity index (χ4v) is 2.88. The summed E-state index contributed by atoms with van der Waals surface area (Å²) in [6, 6.07) is 3.39. The van der Waals surface area contributed by atoms with E-state index in [1.54, 1.807) is 45.3 Å². The zero-order valence-electron chi connectivity index (χ0n) is 17.5. The Balaban J connectivity index is 1.48. The number of rotatable bonds is 7. The Morgan fingerprint density at radius 1 is 1.37 bits per heavy atom. The highest BCUT2D eigenvalue weighted by Crippen LogP contribution is 2.23. The highest BCUT2D eigenvalue weighted by Gasteiger charge is 2.32. The normalized spacial score (nSPS) is 18.7. The number of amides is 1. The van der Waals surface area contributed by atoms with Gasteiger partial charge in [0.05, 0.1) is 25.6 Å². The van der Waals surface area contributed by atoms with E-state index in [0.29, 0.717) is 30.3 Å². The maximum Gasteiger partial charge on any atom is 0.328 e. The van der Waals surface area contributed by atoms with Gasteiger partial charge in [0.25, 0.3) is 5.91 Å². The lowest BCUT2D eigenvalue weighted by molar-refractivity contribution is -0.155. The van der Waals surface area contributed by atoms with Crippen molar-refractivity contribution in [2.45, 2.75) is 51.5 Å². The molecule has 0 aliphatic carbocycles. The number of nitrogens with one attached hydrogen (secondary N) is 1. The average molecular weight is 418 g/mol. The molecule has 2 aromatic rings. The summed E-state index contributed by atoms with van der Waals surface area (Å²) in [5, 5.41) is 6.81. The van der Waals surface area contributed by atoms with Crippen LogP contribution in [0, 0.1) is 0 Å². The number of aromatic nitrogens is 3. The number of hydrogen-bond donors (Lipinski definition) is 1. The molecule has 0 saturated carbocycles. The second-order valence-electron chi connectivity index (χ2n) is 7.83. The molecule has 1 unspecified atom stereocenters. The molecule has 1 saturated heterocycles. The molecule has 3 rings (SSSR count). The van der Waals surface area contributed by atoms with Gasteiger partial charge in [-0.1, -0.05) is 0 Å². The van der Waals surface area contributed by atoms with Crippen LogP contribution >= 0.6 is 0 Å². The summed E-state index contributed by atoms with van der Waals surface area (Å²) >= 11 is 0. The quantitative estimate of drug-likeness (QED) is 0.677. The van der Waals surface area contributed by atoms with Gasteiger partial charge in [0.15, 0.2) is 0 Å². The second kappa shape index (κ2) is 9.12. The predicted octanol–water partition coefficient (Wildman–Crippen LogP) is 1.80. The minimum absolute atomic E-state index is 0.0433. The zero-order valence-corrected chi connectivity index (χ0v) is 17.5. The van der Waals surface area contributed by atoms with Gasteiger partial charge in [-0.3, -0.25) is 14.3 Å². The van der Waals surface area contributed by atoms with Crippen LogP contribution in [0.3, 0.4) is 0 Å². The van der Waals surface area contributed by atoms with Gasteiger partial charge < -0.3 is 24.3 Å². The minimum atomic E-state index is -0.645. The van der Waals surface area contributed by atoms with E-state index in [0.717, 1.165) is 0 Å². The lowest BCUT2D eigenvalue weighted by Crippen LogP contribution is -2.28. The molecule has 10 nitrogen and oxygen atoms in total. The van der Waals surface area contributed by atoms with Gasteiger partial charge in [-0.25, -0.2) is 4.98 Å². The Kier molecular flexibility index (Phi) is 6.56. The Morgan fingerprint density at radius 2 is 2.17 bits per heavy atom. The van der Waals surface area contributed by atoms with Gasteiger partial charge in [-0.2, -0.15) is 5.10 Å². The molecule has 0 bridgehead atoms. The van der Waals surface area contributed by atoms with E-state index < -0.39 is 17.7 Å². The van der Waals surface area contributed by atoms with E-state index in [1.165, 1.54) is 18.0 Å². The van der Waals surface area contributed by atoms with Crippen molar-refractivity contribution in [3.8, 4) is 11.6 Å². The fraction of sp³-hybridized carbons (Fsp3) is 0.500. The van der Waals surface area contributed by atoms with Gasteiger partial charge in [0.1, 0.15) is 30.1 Å². The van der Waals surface area contributed by atoms with Gasteiger partial charge >= 0.3 is 5.97 Å². The Bertz CT molecular complexity index is 891. The van der Waals surface area contributed by atoms with Crippen molar-refractivity contribution < 1.29 is 28.5 Å². The van der Waals surface area contributed by atoms with E-state index in [1.807, 2.05) is 0 Å². The van der Waals surface area contributed by atoms with Crippen molar-refractivity contribution in [1.29, 1.82) is 0 Å². The van der Waals surface area contributed by atoms with Crippen molar-refractivity contribution in [1.82, 2.24) is 14.8 Å². The SMILES string of the molecule is COc1cc(O[C@@H]2COC(C(=O)Nc3cnn(CC(=O)OC(C)(C)C)c3)C2)ccn1. The maximum absolute atomic E-state index is 12.5. The number of anilines is 1. The predicted molar refractivity (Wildman–Crippen MR) is 106 cm³/mol. The molecular formula is C20H26N4O6. The lowest BCUT2D eigenvalue weighted by Gasteiger charge is -2.19. The van der Waals surface area contributed by atoms with Crippen molar-refractivity contribution in [3.63, 3.8) is 0 Å². The standard InChI is InChI=1S/C20H26N4O6/c1-20(2,3)30-18(25)11-24-10-13(9-22-24)23-19(26)16-7-15(12-28-16)29-14-5-6-21-17(8-14)27-4/h5-6,8-10,15-16H,7,11-12H2,1-4H3,(H,23,26)/t15-,16?/m0/s1. The number of ether oxygens (including phenoxy) is 4. The number of hydrogen-bond acceptors (Lipinski definition) is 8. The molecule has 1 fully saturated rings. The van der Waals surface area contributed by atoms with E-state index >= 15 is 0 Å². The van der Waals surface area contributed by atoms with Crippen molar-refractivity contribution in [2.24, 2.45) is 0 Å². The first-order valence-electron chi connectivity index (χ1n) is 9.55. The molecule has 1 aliphatic rings. The number of pyridine rings is 1. The molecule has 1 N–H and O–H groups in total. The Hall–Kier alpha value is -3.14. The highest BCUT2D eigenvalue weighted by molar-refractivity contribution is 5.94. The number of nitrogens with zero attached hydrogens (tertiary/aromatic N) is 3. The first kappa shape index (κ1) is 21.6. The average Bonchev–Trinajstić information content (AvgIpc) is 3.30. The van der Waals surface area contributed by atoms with Crippen LogP contribution in [0.1, 0.15) is 27.2 Å². The molecule has 3 heterocycles. The van der Waals surface area contributed by atoms with Crippen LogP contribution < -0.4 is 14.8 Å². The summed E-state index contributed by atoms with van der Waals surface area (Å²) < 4.78 is 23.1. The molecule has 1 aliphatic heterocycles. The van der Waals surface area contributed by atoms with Crippen LogP contribution in [0.15, 0.2) is 30.7 Å². The maximum atomic E-state index is 12.5. The van der Waals surface area contributed by atoms with Crippen LogP contribution in [0.5, 0.6) is 11.6 Å². The van der Waals surface area contributed by atoms with Crippen molar-refractivity contribution >= 4 is 17.6 Å². The number of esters is 1. The number of methoxy groups -OCH3 is 1. The van der Waals surface area contributed by atoms with Gasteiger partial charge in [0.2, 0.25) is 5.88 Å². The third-order valence-corrected chi connectivity index (χ3v) is 4.08. The third kappa shape index (κ3) is 6.18. The molecule has 0 aromatic carbocycles. The molecule has 162 valence electrons. The van der Waals surface area contributed by atoms with Gasteiger partial charge in [-0.05, 0) is 26.8 Å². The molecule has 30 heavy (non-hydrogen) atoms. The van der Waals surface area contributed by atoms with E-state index in [4.69, 9.17) is 18.9 Å². The summed E-state index contributed by atoms with van der Waals surface area (Å²) in [6.07, 6.45) is 4.12. The molecule has 0 radical (unpaired) electrons. The van der Waals surface area contributed by atoms with E-state index in [-0.39, 0.29) is 18.6 Å². The highest BCUT2D eigenvalue weighted by atomic mass is 16.6. The monoisotopic (exact) mass is 418 g/mol. The summed E-state index contributed by atoms with van der Waals surface area (Å²) in [4.78, 5) is 28.4. The molecule has 2 aromatic heterocycles. The molecular weight excluding hydrogens is 392 g/mol. The second-order valence-corrected chi connectivity index (χ2v) is 7.83. The molecule has 0 spiro atoms. The molecule has 10 heteroatoms. The summed E-state index contributed by atoms with van der Waals surface area (Å²) in [7, 11) is 1.53. The lowest BCUT2D eigenvalue weighted by atomic mass is 10.2. The summed E-state index contributed by atoms with van der Waals surface area (Å²) in [6.45, 7) is 5.63. The largest absolute Gasteiger partial charge is 0.488 e. The summed E-state index contributed by atoms with van der Waals surface area (Å²) in [5.74, 6) is 0.338. The topological polar surface area (TPSA) is 114 Å². The van der Waals surface area contributed by atoms with Crippen LogP contribution in [-0.2, 0) is 25.6 Å². The Labute approximate surface area is 174 Å². The van der Waals surface area contributed by atoms with Crippen LogP contribution in [0.4, 0.5) is 5.69 Å². The fourth-order valence-electron chi connectivity index (χ4n) is 2.88. The van der Waals surface area contributed by atoms with Crippen molar-refractivity contribution in [3.05, 3.63) is 30.7 Å². The first-order valence-corrected chi connectivity index (χ1v) is 9.55. The molecule has 1 amide bonds. The first-order chi connectivity index (χ1) is 14.2. The smallest absolute Gasteiger partial charge is 0.328 e. The number of carbonyl (C=O) groups excluding carboxylic acids is 2. The summed E-state index contributed by atoms with van der Waals surface area (Å²) in [5.41, 5.74) is -0.100. The van der Waals surface area contributed by atoms with Crippen molar-refractivity contribution in [2.75, 3.05) is 19.0 Å². The van der Waals surface area contributed by atoms with E-state index in [9.17, 15) is 9.59 Å².